The largest absolute Gasteiger partial charge is 0.450 e. The van der Waals surface area contributed by atoms with Gasteiger partial charge in [-0.1, -0.05) is 20.8 Å². The summed E-state index contributed by atoms with van der Waals surface area (Å²) in [6.07, 6.45) is -0.353. The monoisotopic (exact) mass is 300 g/mol. The molecular formula is C15H28N2O4. The Balaban J connectivity index is 2.77. The molecule has 122 valence electrons. The first-order valence-corrected chi connectivity index (χ1v) is 7.55. The van der Waals surface area contributed by atoms with E-state index in [2.05, 4.69) is 5.32 Å². The van der Waals surface area contributed by atoms with Gasteiger partial charge in [-0.2, -0.15) is 0 Å². The topological polar surface area (TPSA) is 78.9 Å². The van der Waals surface area contributed by atoms with Crippen LogP contribution in [0.3, 0.4) is 0 Å². The van der Waals surface area contributed by atoms with E-state index in [0.29, 0.717) is 26.1 Å². The molecule has 0 aromatic heterocycles. The zero-order valence-corrected chi connectivity index (χ0v) is 13.7. The van der Waals surface area contributed by atoms with Crippen molar-refractivity contribution >= 4 is 12.0 Å². The number of aliphatic hydroxyl groups is 1. The van der Waals surface area contributed by atoms with Crippen molar-refractivity contribution in [3.8, 4) is 0 Å². The lowest BCUT2D eigenvalue weighted by atomic mass is 9.87. The van der Waals surface area contributed by atoms with Crippen molar-refractivity contribution in [3.05, 3.63) is 0 Å². The lowest BCUT2D eigenvalue weighted by Crippen LogP contribution is -2.56. The zero-order chi connectivity index (χ0) is 16.2. The molecule has 1 saturated heterocycles. The summed E-state index contributed by atoms with van der Waals surface area (Å²) >= 11 is 0. The molecule has 0 spiro atoms. The fourth-order valence-corrected chi connectivity index (χ4v) is 2.57. The summed E-state index contributed by atoms with van der Waals surface area (Å²) in [5.41, 5.74) is -0.477. The van der Waals surface area contributed by atoms with Gasteiger partial charge in [-0.3, -0.25) is 4.79 Å². The van der Waals surface area contributed by atoms with Crippen LogP contribution in [0.4, 0.5) is 4.79 Å². The fraction of sp³-hybridized carbons (Fsp3) is 0.867. The van der Waals surface area contributed by atoms with E-state index in [1.165, 1.54) is 0 Å². The number of rotatable bonds is 3. The number of nitrogens with zero attached hydrogens (tertiary/aromatic N) is 1. The first kappa shape index (κ1) is 17.8. The fourth-order valence-electron chi connectivity index (χ4n) is 2.57. The smallest absolute Gasteiger partial charge is 0.407 e. The van der Waals surface area contributed by atoms with Gasteiger partial charge in [-0.25, -0.2) is 4.79 Å². The zero-order valence-electron chi connectivity index (χ0n) is 13.7. The second-order valence-electron chi connectivity index (χ2n) is 6.76. The molecule has 1 heterocycles. The Hall–Kier alpha value is -1.30. The lowest BCUT2D eigenvalue weighted by Gasteiger charge is -2.41. The number of piperidine rings is 1. The normalized spacial score (nSPS) is 24.4. The second kappa shape index (κ2) is 7.11. The molecule has 1 rings (SSSR count). The average molecular weight is 300 g/mol. The van der Waals surface area contributed by atoms with Gasteiger partial charge in [0.05, 0.1) is 18.8 Å². The molecule has 3 unspecified atom stereocenters. The van der Waals surface area contributed by atoms with E-state index in [-0.39, 0.29) is 17.9 Å². The summed E-state index contributed by atoms with van der Waals surface area (Å²) in [5, 5.41) is 12.6. The van der Waals surface area contributed by atoms with Crippen LogP contribution < -0.4 is 5.32 Å². The Bertz CT molecular complexity index is 376. The van der Waals surface area contributed by atoms with Gasteiger partial charge in [0.25, 0.3) is 0 Å². The van der Waals surface area contributed by atoms with Gasteiger partial charge in [0.1, 0.15) is 0 Å². The van der Waals surface area contributed by atoms with Crippen LogP contribution in [-0.4, -0.2) is 53.8 Å². The first-order chi connectivity index (χ1) is 9.65. The van der Waals surface area contributed by atoms with Gasteiger partial charge < -0.3 is 20.1 Å². The molecule has 2 amide bonds. The third-order valence-corrected chi connectivity index (χ3v) is 3.69. The van der Waals surface area contributed by atoms with Crippen LogP contribution in [0.25, 0.3) is 0 Å². The van der Waals surface area contributed by atoms with Gasteiger partial charge >= 0.3 is 6.09 Å². The molecule has 1 aliphatic heterocycles. The van der Waals surface area contributed by atoms with Gasteiger partial charge in [0.2, 0.25) is 5.91 Å². The van der Waals surface area contributed by atoms with Crippen molar-refractivity contribution < 1.29 is 19.4 Å². The Morgan fingerprint density at radius 2 is 2.00 bits per heavy atom. The summed E-state index contributed by atoms with van der Waals surface area (Å²) in [6, 6.07) is -0.191. The van der Waals surface area contributed by atoms with Crippen LogP contribution in [0, 0.1) is 11.3 Å². The van der Waals surface area contributed by atoms with E-state index < -0.39 is 17.6 Å². The van der Waals surface area contributed by atoms with Crippen LogP contribution in [0.15, 0.2) is 0 Å². The number of aliphatic hydroxyl groups excluding tert-OH is 1. The van der Waals surface area contributed by atoms with Gasteiger partial charge in [-0.15, -0.1) is 0 Å². The number of carbonyl (C=O) groups is 2. The van der Waals surface area contributed by atoms with E-state index >= 15 is 0 Å². The number of nitrogens with one attached hydrogen (secondary N) is 1. The highest BCUT2D eigenvalue weighted by atomic mass is 16.5. The molecule has 0 aromatic carbocycles. The number of hydrogen-bond donors (Lipinski definition) is 2. The van der Waals surface area contributed by atoms with E-state index in [4.69, 9.17) is 4.74 Å². The molecule has 2 N–H and O–H groups in total. The molecule has 0 aromatic rings. The van der Waals surface area contributed by atoms with Crippen molar-refractivity contribution in [2.75, 3.05) is 19.7 Å². The minimum atomic E-state index is -0.521. The predicted octanol–water partition coefficient (Wildman–Crippen LogP) is 1.38. The number of hydrogen-bond acceptors (Lipinski definition) is 4. The number of ether oxygens (including phenoxy) is 1. The molecular weight excluding hydrogens is 272 g/mol. The van der Waals surface area contributed by atoms with Crippen LogP contribution in [-0.2, 0) is 9.53 Å². The molecule has 0 aliphatic carbocycles. The SMILES string of the molecule is CCOC(=O)NC1CC(C(C)O)CN(C(=O)C(C)(C)C)C1. The molecule has 1 aliphatic rings. The third kappa shape index (κ3) is 5.19. The minimum absolute atomic E-state index is 0.0310. The number of alkyl carbamates (subject to hydrolysis) is 1. The van der Waals surface area contributed by atoms with Crippen LogP contribution in [0.2, 0.25) is 0 Å². The van der Waals surface area contributed by atoms with Crippen molar-refractivity contribution in [1.29, 1.82) is 0 Å². The molecule has 6 heteroatoms. The summed E-state index contributed by atoms with van der Waals surface area (Å²) in [7, 11) is 0. The summed E-state index contributed by atoms with van der Waals surface area (Å²) in [4.78, 5) is 25.7. The van der Waals surface area contributed by atoms with E-state index in [1.54, 1.807) is 18.7 Å². The third-order valence-electron chi connectivity index (χ3n) is 3.69. The number of likely N-dealkylation sites (tertiary alicyclic amines) is 1. The van der Waals surface area contributed by atoms with E-state index in [9.17, 15) is 14.7 Å². The molecule has 0 radical (unpaired) electrons. The summed E-state index contributed by atoms with van der Waals surface area (Å²) in [6.45, 7) is 10.4. The minimum Gasteiger partial charge on any atom is -0.450 e. The Morgan fingerprint density at radius 1 is 1.38 bits per heavy atom. The van der Waals surface area contributed by atoms with Gasteiger partial charge in [0, 0.05) is 24.4 Å². The first-order valence-electron chi connectivity index (χ1n) is 7.55. The highest BCUT2D eigenvalue weighted by Crippen LogP contribution is 2.25. The quantitative estimate of drug-likeness (QED) is 0.825. The summed E-state index contributed by atoms with van der Waals surface area (Å²) in [5.74, 6) is -0.0134. The van der Waals surface area contributed by atoms with Gasteiger partial charge in [0.15, 0.2) is 0 Å². The van der Waals surface area contributed by atoms with Crippen LogP contribution >= 0.6 is 0 Å². The Labute approximate surface area is 126 Å². The van der Waals surface area contributed by atoms with Crippen molar-refractivity contribution in [3.63, 3.8) is 0 Å². The lowest BCUT2D eigenvalue weighted by molar-refractivity contribution is -0.142. The molecule has 6 nitrogen and oxygen atoms in total. The predicted molar refractivity (Wildman–Crippen MR) is 79.8 cm³/mol. The average Bonchev–Trinajstić information content (AvgIpc) is 2.36. The van der Waals surface area contributed by atoms with Crippen LogP contribution in [0.1, 0.15) is 41.0 Å². The molecule has 3 atom stereocenters. The Morgan fingerprint density at radius 3 is 2.48 bits per heavy atom. The van der Waals surface area contributed by atoms with Crippen molar-refractivity contribution in [1.82, 2.24) is 10.2 Å². The molecule has 1 fully saturated rings. The molecule has 0 saturated carbocycles. The second-order valence-corrected chi connectivity index (χ2v) is 6.76. The molecule has 0 bridgehead atoms. The number of amides is 2. The van der Waals surface area contributed by atoms with E-state index in [0.717, 1.165) is 0 Å². The van der Waals surface area contributed by atoms with Crippen molar-refractivity contribution in [2.24, 2.45) is 11.3 Å². The highest BCUT2D eigenvalue weighted by molar-refractivity contribution is 5.81. The maximum atomic E-state index is 12.4. The van der Waals surface area contributed by atoms with Crippen LogP contribution in [0.5, 0.6) is 0 Å². The maximum absolute atomic E-state index is 12.4. The highest BCUT2D eigenvalue weighted by Gasteiger charge is 2.36. The summed E-state index contributed by atoms with van der Waals surface area (Å²) < 4.78 is 4.89. The van der Waals surface area contributed by atoms with Crippen molar-refractivity contribution in [2.45, 2.75) is 53.2 Å². The van der Waals surface area contributed by atoms with Gasteiger partial charge in [-0.05, 0) is 20.3 Å². The maximum Gasteiger partial charge on any atom is 0.407 e. The molecule has 21 heavy (non-hydrogen) atoms. The Kier molecular flexibility index (Phi) is 6.01. The van der Waals surface area contributed by atoms with E-state index in [1.807, 2.05) is 20.8 Å². The standard InChI is InChI=1S/C15H28N2O4/c1-6-21-14(20)16-12-7-11(10(2)18)8-17(9-12)13(19)15(3,4)5/h10-12,18H,6-9H2,1-5H3,(H,16,20). The number of carbonyl (C=O) groups excluding carboxylic acids is 2.